The van der Waals surface area contributed by atoms with Crippen molar-refractivity contribution in [2.45, 2.75) is 33.4 Å². The van der Waals surface area contributed by atoms with Gasteiger partial charge in [0.05, 0.1) is 5.69 Å². The van der Waals surface area contributed by atoms with Crippen LogP contribution in [0.15, 0.2) is 6.07 Å². The first-order valence-corrected chi connectivity index (χ1v) is 6.33. The minimum Gasteiger partial charge on any atom is -0.462 e. The van der Waals surface area contributed by atoms with Crippen molar-refractivity contribution in [2.75, 3.05) is 27.2 Å². The third kappa shape index (κ3) is 5.93. The van der Waals surface area contributed by atoms with Crippen molar-refractivity contribution in [3.05, 3.63) is 17.5 Å². The molecular weight excluding hydrogens is 228 g/mol. The van der Waals surface area contributed by atoms with Crippen LogP contribution in [-0.4, -0.2) is 48.2 Å². The molecule has 102 valence electrons. The van der Waals surface area contributed by atoms with E-state index >= 15 is 0 Å². The van der Waals surface area contributed by atoms with E-state index in [0.29, 0.717) is 18.7 Å². The molecule has 0 radical (unpaired) electrons. The van der Waals surface area contributed by atoms with Gasteiger partial charge in [0.15, 0.2) is 0 Å². The maximum atomic E-state index is 5.55. The summed E-state index contributed by atoms with van der Waals surface area (Å²) in [6.07, 6.45) is 0. The second-order valence-electron chi connectivity index (χ2n) is 4.97. The van der Waals surface area contributed by atoms with E-state index in [2.05, 4.69) is 34.0 Å². The molecule has 0 bridgehead atoms. The monoisotopic (exact) mass is 252 g/mol. The van der Waals surface area contributed by atoms with Crippen LogP contribution in [0.4, 0.5) is 0 Å². The van der Waals surface area contributed by atoms with Gasteiger partial charge in [0.2, 0.25) is 0 Å². The summed E-state index contributed by atoms with van der Waals surface area (Å²) >= 11 is 0. The fraction of sp³-hybridized carbons (Fsp3) is 0.692. The molecule has 0 atom stereocenters. The molecular formula is C13H24N4O. The van der Waals surface area contributed by atoms with Crippen LogP contribution in [0.25, 0.3) is 0 Å². The average molecular weight is 252 g/mol. The zero-order valence-corrected chi connectivity index (χ0v) is 12.0. The Labute approximate surface area is 110 Å². The Morgan fingerprint density at radius 2 is 2.06 bits per heavy atom. The molecule has 0 unspecified atom stereocenters. The molecule has 0 aromatic carbocycles. The zero-order valence-electron chi connectivity index (χ0n) is 12.0. The maximum Gasteiger partial charge on any atom is 0.316 e. The molecule has 0 aliphatic carbocycles. The molecule has 0 aliphatic rings. The summed E-state index contributed by atoms with van der Waals surface area (Å²) in [5, 5.41) is 3.34. The lowest BCUT2D eigenvalue weighted by molar-refractivity contribution is 0.244. The van der Waals surface area contributed by atoms with Crippen molar-refractivity contribution in [3.63, 3.8) is 0 Å². The summed E-state index contributed by atoms with van der Waals surface area (Å²) in [6, 6.07) is 2.89. The predicted octanol–water partition coefficient (Wildman–Crippen LogP) is 1.22. The van der Waals surface area contributed by atoms with Crippen LogP contribution in [0.5, 0.6) is 6.01 Å². The number of likely N-dealkylation sites (N-methyl/N-ethyl adjacent to an activating group) is 1. The molecule has 1 rings (SSSR count). The van der Waals surface area contributed by atoms with Crippen LogP contribution in [0.3, 0.4) is 0 Å². The fourth-order valence-electron chi connectivity index (χ4n) is 1.39. The Kier molecular flexibility index (Phi) is 6.01. The van der Waals surface area contributed by atoms with Crippen LogP contribution in [0.2, 0.25) is 0 Å². The molecule has 1 aromatic heterocycles. The first-order valence-electron chi connectivity index (χ1n) is 6.33. The van der Waals surface area contributed by atoms with Crippen molar-refractivity contribution in [1.82, 2.24) is 20.2 Å². The van der Waals surface area contributed by atoms with Crippen molar-refractivity contribution < 1.29 is 4.74 Å². The number of nitrogens with zero attached hydrogens (tertiary/aromatic N) is 3. The second kappa shape index (κ2) is 7.28. The van der Waals surface area contributed by atoms with E-state index in [-0.39, 0.29) is 0 Å². The lowest BCUT2D eigenvalue weighted by Crippen LogP contribution is -2.23. The molecule has 0 saturated carbocycles. The third-order valence-electron chi connectivity index (χ3n) is 2.35. The van der Waals surface area contributed by atoms with Gasteiger partial charge in [0.25, 0.3) is 0 Å². The smallest absolute Gasteiger partial charge is 0.316 e. The highest BCUT2D eigenvalue weighted by Gasteiger charge is 2.04. The minimum atomic E-state index is 0.443. The first kappa shape index (κ1) is 14.9. The van der Waals surface area contributed by atoms with Crippen LogP contribution in [-0.2, 0) is 6.54 Å². The molecule has 1 heterocycles. The van der Waals surface area contributed by atoms with Gasteiger partial charge in [-0.15, -0.1) is 0 Å². The quantitative estimate of drug-likeness (QED) is 0.791. The van der Waals surface area contributed by atoms with E-state index < -0.39 is 0 Å². The van der Waals surface area contributed by atoms with Gasteiger partial charge >= 0.3 is 6.01 Å². The van der Waals surface area contributed by atoms with Gasteiger partial charge in [-0.25, -0.2) is 4.98 Å². The van der Waals surface area contributed by atoms with Gasteiger partial charge < -0.3 is 15.0 Å². The number of ether oxygens (including phenoxy) is 1. The van der Waals surface area contributed by atoms with Gasteiger partial charge in [0, 0.05) is 24.8 Å². The van der Waals surface area contributed by atoms with Gasteiger partial charge in [-0.1, -0.05) is 13.8 Å². The third-order valence-corrected chi connectivity index (χ3v) is 2.35. The number of hydrogen-bond donors (Lipinski definition) is 1. The Morgan fingerprint density at radius 3 is 2.67 bits per heavy atom. The largest absolute Gasteiger partial charge is 0.462 e. The highest BCUT2D eigenvalue weighted by molar-refractivity contribution is 5.12. The predicted molar refractivity (Wildman–Crippen MR) is 72.8 cm³/mol. The molecule has 5 heteroatoms. The van der Waals surface area contributed by atoms with Gasteiger partial charge in [-0.2, -0.15) is 4.98 Å². The molecule has 1 N–H and O–H groups in total. The standard InChI is InChI=1S/C13H24N4O/c1-10(2)14-9-12-8-11(3)15-13(16-12)18-7-6-17(4)5/h8,10,14H,6-7,9H2,1-5H3. The summed E-state index contributed by atoms with van der Waals surface area (Å²) in [4.78, 5) is 10.7. The number of aromatic nitrogens is 2. The Bertz CT molecular complexity index is 366. The number of rotatable bonds is 7. The van der Waals surface area contributed by atoms with Gasteiger partial charge in [-0.05, 0) is 27.1 Å². The lowest BCUT2D eigenvalue weighted by atomic mass is 10.3. The summed E-state index contributed by atoms with van der Waals surface area (Å²) < 4.78 is 5.55. The molecule has 0 amide bonds. The molecule has 5 nitrogen and oxygen atoms in total. The number of aryl methyl sites for hydroxylation is 1. The molecule has 0 fully saturated rings. The van der Waals surface area contributed by atoms with Crippen LogP contribution in [0.1, 0.15) is 25.2 Å². The normalized spacial score (nSPS) is 11.3. The van der Waals surface area contributed by atoms with Crippen molar-refractivity contribution in [2.24, 2.45) is 0 Å². The summed E-state index contributed by atoms with van der Waals surface area (Å²) in [7, 11) is 4.02. The number of nitrogens with one attached hydrogen (secondary N) is 1. The van der Waals surface area contributed by atoms with Crippen LogP contribution in [0, 0.1) is 6.92 Å². The Morgan fingerprint density at radius 1 is 1.33 bits per heavy atom. The first-order chi connectivity index (χ1) is 8.47. The summed E-state index contributed by atoms with van der Waals surface area (Å²) in [6.45, 7) is 8.39. The van der Waals surface area contributed by atoms with Crippen molar-refractivity contribution in [1.29, 1.82) is 0 Å². The summed E-state index contributed by atoms with van der Waals surface area (Å²) in [5.74, 6) is 0. The van der Waals surface area contributed by atoms with Crippen LogP contribution < -0.4 is 10.1 Å². The van der Waals surface area contributed by atoms with E-state index in [9.17, 15) is 0 Å². The van der Waals surface area contributed by atoms with E-state index in [1.54, 1.807) is 0 Å². The molecule has 18 heavy (non-hydrogen) atoms. The minimum absolute atomic E-state index is 0.443. The average Bonchev–Trinajstić information content (AvgIpc) is 2.25. The van der Waals surface area contributed by atoms with E-state index in [1.165, 1.54) is 0 Å². The van der Waals surface area contributed by atoms with Crippen LogP contribution >= 0.6 is 0 Å². The van der Waals surface area contributed by atoms with E-state index in [4.69, 9.17) is 4.74 Å². The van der Waals surface area contributed by atoms with Gasteiger partial charge in [0.1, 0.15) is 6.61 Å². The molecule has 1 aromatic rings. The van der Waals surface area contributed by atoms with E-state index in [0.717, 1.165) is 24.5 Å². The lowest BCUT2D eigenvalue weighted by Gasteiger charge is -2.12. The zero-order chi connectivity index (χ0) is 13.5. The fourth-order valence-corrected chi connectivity index (χ4v) is 1.39. The van der Waals surface area contributed by atoms with Gasteiger partial charge in [-0.3, -0.25) is 0 Å². The maximum absolute atomic E-state index is 5.55. The Hall–Kier alpha value is -1.20. The van der Waals surface area contributed by atoms with Crippen molar-refractivity contribution >= 4 is 0 Å². The SMILES string of the molecule is Cc1cc(CNC(C)C)nc(OCCN(C)C)n1. The Balaban J connectivity index is 2.57. The topological polar surface area (TPSA) is 50.3 Å². The second-order valence-corrected chi connectivity index (χ2v) is 4.97. The number of hydrogen-bond acceptors (Lipinski definition) is 5. The highest BCUT2D eigenvalue weighted by atomic mass is 16.5. The highest BCUT2D eigenvalue weighted by Crippen LogP contribution is 2.07. The molecule has 0 aliphatic heterocycles. The summed E-state index contributed by atoms with van der Waals surface area (Å²) in [5.41, 5.74) is 1.90. The molecule has 0 spiro atoms. The molecule has 0 saturated heterocycles. The van der Waals surface area contributed by atoms with Crippen molar-refractivity contribution in [3.8, 4) is 6.01 Å². The van der Waals surface area contributed by atoms with E-state index in [1.807, 2.05) is 27.1 Å².